The van der Waals surface area contributed by atoms with Gasteiger partial charge >= 0.3 is 0 Å². The van der Waals surface area contributed by atoms with Gasteiger partial charge in [-0.25, -0.2) is 0 Å². The third-order valence-electron chi connectivity index (χ3n) is 4.14. The van der Waals surface area contributed by atoms with Crippen molar-refractivity contribution in [3.8, 4) is 5.75 Å². The van der Waals surface area contributed by atoms with E-state index in [1.807, 2.05) is 17.8 Å². The Bertz CT molecular complexity index is 770. The standard InChI is InChI=1S/C21H18OS/c1-3-9-16(10-4-1)21-20(23-18-12-5-2-6-13-18)15-17-11-7-8-14-19(17)22-21/h1-14,20-21H,15H2/t20-,21+/m1/s1. The van der Waals surface area contributed by atoms with E-state index in [2.05, 4.69) is 78.9 Å². The minimum Gasteiger partial charge on any atom is -0.484 e. The molecule has 0 fully saturated rings. The predicted molar refractivity (Wildman–Crippen MR) is 96.0 cm³/mol. The van der Waals surface area contributed by atoms with Gasteiger partial charge in [0.15, 0.2) is 0 Å². The summed E-state index contributed by atoms with van der Waals surface area (Å²) in [6.07, 6.45) is 1.10. The van der Waals surface area contributed by atoms with Crippen LogP contribution in [0.3, 0.4) is 0 Å². The molecule has 2 heteroatoms. The molecule has 0 aliphatic carbocycles. The van der Waals surface area contributed by atoms with Gasteiger partial charge in [0.25, 0.3) is 0 Å². The van der Waals surface area contributed by atoms with Crippen LogP contribution in [0.4, 0.5) is 0 Å². The Hall–Kier alpha value is -2.19. The van der Waals surface area contributed by atoms with E-state index >= 15 is 0 Å². The summed E-state index contributed by atoms with van der Waals surface area (Å²) in [6, 6.07) is 29.5. The molecule has 114 valence electrons. The van der Waals surface area contributed by atoms with Gasteiger partial charge in [-0.05, 0) is 35.7 Å². The van der Waals surface area contributed by atoms with E-state index in [9.17, 15) is 0 Å². The highest BCUT2D eigenvalue weighted by molar-refractivity contribution is 8.00. The molecule has 0 bridgehead atoms. The molecule has 0 saturated heterocycles. The summed E-state index contributed by atoms with van der Waals surface area (Å²) >= 11 is 1.91. The minimum atomic E-state index is 0.0799. The highest BCUT2D eigenvalue weighted by Gasteiger charge is 2.31. The van der Waals surface area contributed by atoms with Crippen molar-refractivity contribution in [2.24, 2.45) is 0 Å². The summed E-state index contributed by atoms with van der Waals surface area (Å²) in [4.78, 5) is 1.29. The quantitative estimate of drug-likeness (QED) is 0.628. The van der Waals surface area contributed by atoms with Gasteiger partial charge in [0.05, 0.1) is 5.25 Å². The van der Waals surface area contributed by atoms with Crippen LogP contribution < -0.4 is 4.74 Å². The first-order valence-electron chi connectivity index (χ1n) is 7.91. The number of thioether (sulfide) groups is 1. The van der Waals surface area contributed by atoms with Gasteiger partial charge in [-0.1, -0.05) is 66.7 Å². The lowest BCUT2D eigenvalue weighted by Crippen LogP contribution is -2.28. The second-order valence-corrected chi connectivity index (χ2v) is 7.04. The van der Waals surface area contributed by atoms with Crippen molar-refractivity contribution >= 4 is 11.8 Å². The topological polar surface area (TPSA) is 9.23 Å². The number of benzene rings is 3. The molecule has 4 rings (SSSR count). The SMILES string of the molecule is c1ccc(S[C@@H]2Cc3ccccc3O[C@H]2c2ccccc2)cc1. The van der Waals surface area contributed by atoms with Gasteiger partial charge in [0.2, 0.25) is 0 Å². The van der Waals surface area contributed by atoms with E-state index in [4.69, 9.17) is 4.74 Å². The summed E-state index contributed by atoms with van der Waals surface area (Å²) in [5, 5.41) is 0.370. The number of hydrogen-bond acceptors (Lipinski definition) is 2. The Morgan fingerprint density at radius 2 is 1.39 bits per heavy atom. The van der Waals surface area contributed by atoms with Crippen LogP contribution in [0.15, 0.2) is 89.8 Å². The Morgan fingerprint density at radius 3 is 2.17 bits per heavy atom. The Labute approximate surface area is 141 Å². The highest BCUT2D eigenvalue weighted by atomic mass is 32.2. The summed E-state index contributed by atoms with van der Waals surface area (Å²) in [7, 11) is 0. The maximum Gasteiger partial charge on any atom is 0.136 e. The monoisotopic (exact) mass is 318 g/mol. The number of ether oxygens (including phenoxy) is 1. The van der Waals surface area contributed by atoms with Gasteiger partial charge < -0.3 is 4.74 Å². The van der Waals surface area contributed by atoms with E-state index < -0.39 is 0 Å². The van der Waals surface area contributed by atoms with Crippen LogP contribution in [0.1, 0.15) is 17.2 Å². The number of hydrogen-bond donors (Lipinski definition) is 0. The van der Waals surface area contributed by atoms with Crippen molar-refractivity contribution in [1.29, 1.82) is 0 Å². The molecule has 0 radical (unpaired) electrons. The average Bonchev–Trinajstić information content (AvgIpc) is 2.63. The summed E-state index contributed by atoms with van der Waals surface area (Å²) in [5.74, 6) is 1.02. The third-order valence-corrected chi connectivity index (χ3v) is 5.41. The molecule has 1 heterocycles. The fourth-order valence-electron chi connectivity index (χ4n) is 3.03. The van der Waals surface area contributed by atoms with Crippen molar-refractivity contribution < 1.29 is 4.74 Å². The molecule has 0 saturated carbocycles. The lowest BCUT2D eigenvalue weighted by Gasteiger charge is -2.33. The first kappa shape index (κ1) is 14.4. The molecule has 0 unspecified atom stereocenters. The van der Waals surface area contributed by atoms with Gasteiger partial charge in [-0.15, -0.1) is 11.8 Å². The first-order valence-corrected chi connectivity index (χ1v) is 8.79. The van der Waals surface area contributed by atoms with Gasteiger partial charge in [0.1, 0.15) is 11.9 Å². The van der Waals surface area contributed by atoms with Crippen LogP contribution in [0, 0.1) is 0 Å². The molecule has 2 atom stereocenters. The smallest absolute Gasteiger partial charge is 0.136 e. The van der Waals surface area contributed by atoms with E-state index in [1.165, 1.54) is 16.0 Å². The summed E-state index contributed by atoms with van der Waals surface area (Å²) < 4.78 is 6.38. The van der Waals surface area contributed by atoms with Crippen molar-refractivity contribution in [1.82, 2.24) is 0 Å². The fraction of sp³-hybridized carbons (Fsp3) is 0.143. The molecule has 0 amide bonds. The third kappa shape index (κ3) is 3.13. The van der Waals surface area contributed by atoms with Gasteiger partial charge in [-0.3, -0.25) is 0 Å². The van der Waals surface area contributed by atoms with E-state index in [0.717, 1.165) is 12.2 Å². The van der Waals surface area contributed by atoms with Crippen molar-refractivity contribution in [2.45, 2.75) is 22.7 Å². The van der Waals surface area contributed by atoms with Crippen LogP contribution in [0.2, 0.25) is 0 Å². The normalized spacial score (nSPS) is 19.7. The molecule has 0 N–H and O–H groups in total. The molecule has 1 aliphatic rings. The molecule has 3 aromatic carbocycles. The van der Waals surface area contributed by atoms with Crippen LogP contribution in [-0.4, -0.2) is 5.25 Å². The lowest BCUT2D eigenvalue weighted by atomic mass is 9.97. The van der Waals surface area contributed by atoms with E-state index in [1.54, 1.807) is 0 Å². The maximum absolute atomic E-state index is 6.38. The first-order chi connectivity index (χ1) is 11.4. The van der Waals surface area contributed by atoms with Crippen LogP contribution in [0.5, 0.6) is 5.75 Å². The van der Waals surface area contributed by atoms with Crippen LogP contribution in [0.25, 0.3) is 0 Å². The average molecular weight is 318 g/mol. The fourth-order valence-corrected chi connectivity index (χ4v) is 4.29. The molecule has 0 spiro atoms. The zero-order valence-electron chi connectivity index (χ0n) is 12.8. The summed E-state index contributed by atoms with van der Waals surface area (Å²) in [5.41, 5.74) is 2.54. The predicted octanol–water partition coefficient (Wildman–Crippen LogP) is 5.52. The molecule has 23 heavy (non-hydrogen) atoms. The number of rotatable bonds is 3. The zero-order chi connectivity index (χ0) is 15.5. The highest BCUT2D eigenvalue weighted by Crippen LogP contribution is 2.42. The molecule has 1 nitrogen and oxygen atoms in total. The number of fused-ring (bicyclic) bond motifs is 1. The zero-order valence-corrected chi connectivity index (χ0v) is 13.6. The van der Waals surface area contributed by atoms with Crippen molar-refractivity contribution in [3.05, 3.63) is 96.1 Å². The maximum atomic E-state index is 6.38. The van der Waals surface area contributed by atoms with Gasteiger partial charge in [0, 0.05) is 4.90 Å². The Balaban J connectivity index is 1.68. The number of para-hydroxylation sites is 1. The summed E-state index contributed by atoms with van der Waals surface area (Å²) in [6.45, 7) is 0. The van der Waals surface area contributed by atoms with E-state index in [-0.39, 0.29) is 6.10 Å². The Morgan fingerprint density at radius 1 is 0.739 bits per heavy atom. The molecule has 1 aliphatic heterocycles. The molecule has 3 aromatic rings. The largest absolute Gasteiger partial charge is 0.484 e. The minimum absolute atomic E-state index is 0.0799. The van der Waals surface area contributed by atoms with Crippen LogP contribution >= 0.6 is 11.8 Å². The Kier molecular flexibility index (Phi) is 4.08. The molecule has 0 aromatic heterocycles. The van der Waals surface area contributed by atoms with Crippen LogP contribution in [-0.2, 0) is 6.42 Å². The second kappa shape index (κ2) is 6.51. The van der Waals surface area contributed by atoms with Gasteiger partial charge in [-0.2, -0.15) is 0 Å². The molecular formula is C21H18OS. The van der Waals surface area contributed by atoms with Crippen molar-refractivity contribution in [3.63, 3.8) is 0 Å². The van der Waals surface area contributed by atoms with Crippen molar-refractivity contribution in [2.75, 3.05) is 0 Å². The second-order valence-electron chi connectivity index (χ2n) is 5.73. The molecular weight excluding hydrogens is 300 g/mol. The lowest BCUT2D eigenvalue weighted by molar-refractivity contribution is 0.183. The van der Waals surface area contributed by atoms with E-state index in [0.29, 0.717) is 5.25 Å².